The molecule has 7 nitrogen and oxygen atoms in total. The van der Waals surface area contributed by atoms with E-state index in [-0.39, 0.29) is 10.8 Å². The third kappa shape index (κ3) is 5.38. The SMILES string of the molecule is CN(C)S(=O)(=O)c1cccc(NC(=S)NCCCN2CCCC2=O)c1. The van der Waals surface area contributed by atoms with Gasteiger partial charge in [0.05, 0.1) is 4.90 Å². The molecule has 0 saturated carbocycles. The number of carbonyl (C=O) groups is 1. The lowest BCUT2D eigenvalue weighted by Gasteiger charge is -2.16. The summed E-state index contributed by atoms with van der Waals surface area (Å²) in [6, 6.07) is 6.52. The van der Waals surface area contributed by atoms with Crippen molar-refractivity contribution in [1.82, 2.24) is 14.5 Å². The van der Waals surface area contributed by atoms with E-state index in [0.717, 1.165) is 25.9 Å². The van der Waals surface area contributed by atoms with Gasteiger partial charge in [0.15, 0.2) is 5.11 Å². The topological polar surface area (TPSA) is 81.8 Å². The predicted molar refractivity (Wildman–Crippen MR) is 102 cm³/mol. The molecule has 0 bridgehead atoms. The van der Waals surface area contributed by atoms with Crippen LogP contribution in [-0.2, 0) is 14.8 Å². The number of sulfonamides is 1. The van der Waals surface area contributed by atoms with Crippen LogP contribution in [-0.4, -0.2) is 62.4 Å². The van der Waals surface area contributed by atoms with E-state index in [4.69, 9.17) is 12.2 Å². The molecule has 1 aliphatic rings. The Morgan fingerprint density at radius 3 is 2.76 bits per heavy atom. The van der Waals surface area contributed by atoms with Gasteiger partial charge in [-0.2, -0.15) is 0 Å². The highest BCUT2D eigenvalue weighted by Crippen LogP contribution is 2.17. The van der Waals surface area contributed by atoms with Gasteiger partial charge in [0, 0.05) is 45.8 Å². The van der Waals surface area contributed by atoms with E-state index >= 15 is 0 Å². The first-order valence-corrected chi connectivity index (χ1v) is 10.0. The van der Waals surface area contributed by atoms with E-state index in [9.17, 15) is 13.2 Å². The zero-order valence-corrected chi connectivity index (χ0v) is 16.1. The van der Waals surface area contributed by atoms with Crippen LogP contribution >= 0.6 is 12.2 Å². The number of rotatable bonds is 7. The quantitative estimate of drug-likeness (QED) is 0.544. The molecule has 1 heterocycles. The van der Waals surface area contributed by atoms with Crippen LogP contribution in [0.2, 0.25) is 0 Å². The number of nitrogens with one attached hydrogen (secondary N) is 2. The van der Waals surface area contributed by atoms with Crippen molar-refractivity contribution in [3.8, 4) is 0 Å². The zero-order chi connectivity index (χ0) is 18.4. The molecule has 0 unspecified atom stereocenters. The van der Waals surface area contributed by atoms with E-state index < -0.39 is 10.0 Å². The van der Waals surface area contributed by atoms with Crippen molar-refractivity contribution in [2.75, 3.05) is 39.0 Å². The van der Waals surface area contributed by atoms with Gasteiger partial charge < -0.3 is 15.5 Å². The molecule has 25 heavy (non-hydrogen) atoms. The van der Waals surface area contributed by atoms with Crippen molar-refractivity contribution in [1.29, 1.82) is 0 Å². The molecule has 2 rings (SSSR count). The maximum Gasteiger partial charge on any atom is 0.242 e. The second-order valence-corrected chi connectivity index (χ2v) is 8.59. The van der Waals surface area contributed by atoms with Crippen LogP contribution in [0.4, 0.5) is 5.69 Å². The van der Waals surface area contributed by atoms with Gasteiger partial charge in [-0.3, -0.25) is 4.79 Å². The molecule has 1 aliphatic heterocycles. The third-order valence-electron chi connectivity index (χ3n) is 3.93. The molecule has 138 valence electrons. The monoisotopic (exact) mass is 384 g/mol. The predicted octanol–water partition coefficient (Wildman–Crippen LogP) is 1.24. The summed E-state index contributed by atoms with van der Waals surface area (Å²) in [4.78, 5) is 13.6. The molecule has 1 fully saturated rings. The summed E-state index contributed by atoms with van der Waals surface area (Å²) in [7, 11) is -0.493. The second kappa shape index (κ2) is 8.59. The molecule has 2 N–H and O–H groups in total. The first kappa shape index (κ1) is 19.6. The van der Waals surface area contributed by atoms with Crippen molar-refractivity contribution in [3.63, 3.8) is 0 Å². The van der Waals surface area contributed by atoms with E-state index in [1.165, 1.54) is 18.4 Å². The average molecular weight is 385 g/mol. The van der Waals surface area contributed by atoms with Crippen LogP contribution < -0.4 is 10.6 Å². The number of hydrogen-bond acceptors (Lipinski definition) is 4. The lowest BCUT2D eigenvalue weighted by molar-refractivity contribution is -0.127. The van der Waals surface area contributed by atoms with Crippen molar-refractivity contribution < 1.29 is 13.2 Å². The number of thiocarbonyl (C=S) groups is 1. The highest BCUT2D eigenvalue weighted by atomic mass is 32.2. The average Bonchev–Trinajstić information content (AvgIpc) is 2.97. The van der Waals surface area contributed by atoms with E-state index in [0.29, 0.717) is 23.8 Å². The normalized spacial score (nSPS) is 14.8. The summed E-state index contributed by atoms with van der Waals surface area (Å²) >= 11 is 5.23. The zero-order valence-electron chi connectivity index (χ0n) is 14.5. The molecular weight excluding hydrogens is 360 g/mol. The van der Waals surface area contributed by atoms with E-state index in [2.05, 4.69) is 10.6 Å². The number of carbonyl (C=O) groups excluding carboxylic acids is 1. The van der Waals surface area contributed by atoms with Crippen LogP contribution in [0.15, 0.2) is 29.2 Å². The maximum atomic E-state index is 12.2. The van der Waals surface area contributed by atoms with Crippen LogP contribution in [0.5, 0.6) is 0 Å². The van der Waals surface area contributed by atoms with Gasteiger partial charge >= 0.3 is 0 Å². The fraction of sp³-hybridized carbons (Fsp3) is 0.500. The second-order valence-electron chi connectivity index (χ2n) is 6.03. The lowest BCUT2D eigenvalue weighted by Crippen LogP contribution is -2.32. The smallest absolute Gasteiger partial charge is 0.242 e. The minimum atomic E-state index is -3.48. The third-order valence-corrected chi connectivity index (χ3v) is 5.99. The molecule has 0 spiro atoms. The van der Waals surface area contributed by atoms with E-state index in [1.54, 1.807) is 24.3 Å². The van der Waals surface area contributed by atoms with Crippen molar-refractivity contribution in [2.45, 2.75) is 24.2 Å². The summed E-state index contributed by atoms with van der Waals surface area (Å²) in [6.07, 6.45) is 2.40. The Hall–Kier alpha value is -1.71. The minimum absolute atomic E-state index is 0.206. The standard InChI is InChI=1S/C16H24N4O3S2/c1-19(2)25(22,23)14-7-3-6-13(12-14)18-16(24)17-9-5-11-20-10-4-8-15(20)21/h3,6-7,12H,4-5,8-11H2,1-2H3,(H2,17,18,24). The highest BCUT2D eigenvalue weighted by molar-refractivity contribution is 7.89. The summed E-state index contributed by atoms with van der Waals surface area (Å²) < 4.78 is 25.5. The number of nitrogens with zero attached hydrogens (tertiary/aromatic N) is 2. The molecule has 0 atom stereocenters. The van der Waals surface area contributed by atoms with Crippen molar-refractivity contribution in [3.05, 3.63) is 24.3 Å². The Balaban J connectivity index is 1.81. The van der Waals surface area contributed by atoms with Gasteiger partial charge in [0.25, 0.3) is 0 Å². The summed E-state index contributed by atoms with van der Waals surface area (Å²) in [5.74, 6) is 0.222. The molecule has 1 aromatic rings. The van der Waals surface area contributed by atoms with Gasteiger partial charge in [-0.15, -0.1) is 0 Å². The number of likely N-dealkylation sites (tertiary alicyclic amines) is 1. The molecule has 1 amide bonds. The molecule has 0 radical (unpaired) electrons. The molecule has 0 aliphatic carbocycles. The Labute approximate surface area is 154 Å². The van der Waals surface area contributed by atoms with Crippen molar-refractivity contribution >= 4 is 38.9 Å². The first-order valence-electron chi connectivity index (χ1n) is 8.16. The van der Waals surface area contributed by atoms with E-state index in [1.807, 2.05) is 4.90 Å². The van der Waals surface area contributed by atoms with Gasteiger partial charge in [0.2, 0.25) is 15.9 Å². The van der Waals surface area contributed by atoms with Gasteiger partial charge in [-0.05, 0) is 43.3 Å². The Kier molecular flexibility index (Phi) is 6.74. The van der Waals surface area contributed by atoms with Crippen LogP contribution in [0.3, 0.4) is 0 Å². The highest BCUT2D eigenvalue weighted by Gasteiger charge is 2.19. The fourth-order valence-electron chi connectivity index (χ4n) is 2.53. The van der Waals surface area contributed by atoms with Crippen LogP contribution in [0.25, 0.3) is 0 Å². The fourth-order valence-corrected chi connectivity index (χ4v) is 3.70. The summed E-state index contributed by atoms with van der Waals surface area (Å²) in [5.41, 5.74) is 0.607. The Morgan fingerprint density at radius 1 is 1.36 bits per heavy atom. The minimum Gasteiger partial charge on any atom is -0.362 e. The maximum absolute atomic E-state index is 12.2. The molecular formula is C16H24N4O3S2. The number of hydrogen-bond donors (Lipinski definition) is 2. The Morgan fingerprint density at radius 2 is 2.12 bits per heavy atom. The molecule has 0 aromatic heterocycles. The van der Waals surface area contributed by atoms with Crippen LogP contribution in [0, 0.1) is 0 Å². The van der Waals surface area contributed by atoms with Crippen molar-refractivity contribution in [2.24, 2.45) is 0 Å². The van der Waals surface area contributed by atoms with Gasteiger partial charge in [-0.1, -0.05) is 6.07 Å². The molecule has 1 aromatic carbocycles. The molecule has 9 heteroatoms. The first-order chi connectivity index (χ1) is 11.8. The van der Waals surface area contributed by atoms with Gasteiger partial charge in [-0.25, -0.2) is 12.7 Å². The number of anilines is 1. The molecule has 1 saturated heterocycles. The summed E-state index contributed by atoms with van der Waals surface area (Å²) in [5, 5.41) is 6.48. The Bertz CT molecular complexity index is 735. The largest absolute Gasteiger partial charge is 0.362 e. The number of amides is 1. The van der Waals surface area contributed by atoms with Gasteiger partial charge in [0.1, 0.15) is 0 Å². The number of benzene rings is 1. The summed E-state index contributed by atoms with van der Waals surface area (Å²) in [6.45, 7) is 2.21. The lowest BCUT2D eigenvalue weighted by atomic mass is 10.3. The van der Waals surface area contributed by atoms with Crippen LogP contribution in [0.1, 0.15) is 19.3 Å².